The van der Waals surface area contributed by atoms with Crippen LogP contribution in [0.2, 0.25) is 0 Å². The number of nitrogens with one attached hydrogen (secondary N) is 1. The van der Waals surface area contributed by atoms with Crippen molar-refractivity contribution in [3.63, 3.8) is 0 Å². The molecule has 1 aromatic carbocycles. The fourth-order valence-electron chi connectivity index (χ4n) is 2.48. The van der Waals surface area contributed by atoms with Crippen LogP contribution in [0.25, 0.3) is 0 Å². The maximum Gasteiger partial charge on any atom is 0.123 e. The zero-order chi connectivity index (χ0) is 17.1. The number of benzene rings is 1. The molecule has 3 heteroatoms. The summed E-state index contributed by atoms with van der Waals surface area (Å²) in [7, 11) is 0. The predicted octanol–water partition coefficient (Wildman–Crippen LogP) is 5.12. The molecule has 2 N–H and O–H groups in total. The molecule has 0 saturated heterocycles. The van der Waals surface area contributed by atoms with E-state index in [9.17, 15) is 5.11 Å². The molecule has 1 rings (SSSR count). The Morgan fingerprint density at radius 1 is 1.14 bits per heavy atom. The van der Waals surface area contributed by atoms with Crippen molar-refractivity contribution in [2.45, 2.75) is 57.7 Å². The van der Waals surface area contributed by atoms with Crippen molar-refractivity contribution in [1.82, 2.24) is 5.32 Å². The third-order valence-electron chi connectivity index (χ3n) is 3.73. The third kappa shape index (κ3) is 4.53. The average Bonchev–Trinajstić information content (AvgIpc) is 2.38. The van der Waals surface area contributed by atoms with Gasteiger partial charge < -0.3 is 5.11 Å². The van der Waals surface area contributed by atoms with Gasteiger partial charge in [0.2, 0.25) is 0 Å². The largest absolute Gasteiger partial charge is 0.507 e. The van der Waals surface area contributed by atoms with Crippen molar-refractivity contribution >= 4 is 11.8 Å². The minimum absolute atomic E-state index is 0.0957. The highest BCUT2D eigenvalue weighted by Crippen LogP contribution is 2.41. The minimum atomic E-state index is -0.0957. The highest BCUT2D eigenvalue weighted by atomic mass is 32.2. The summed E-state index contributed by atoms with van der Waals surface area (Å²) in [6.07, 6.45) is 3.97. The maximum atomic E-state index is 10.8. The van der Waals surface area contributed by atoms with Crippen molar-refractivity contribution in [1.29, 1.82) is 0 Å². The van der Waals surface area contributed by atoms with Crippen LogP contribution >= 0.6 is 11.8 Å². The smallest absolute Gasteiger partial charge is 0.123 e. The Bertz CT molecular complexity index is 488. The highest BCUT2D eigenvalue weighted by Gasteiger charge is 2.27. The number of hydrogen-bond acceptors (Lipinski definition) is 3. The van der Waals surface area contributed by atoms with E-state index in [0.29, 0.717) is 5.75 Å². The second-order valence-corrected chi connectivity index (χ2v) is 8.72. The van der Waals surface area contributed by atoms with Crippen LogP contribution in [0.1, 0.15) is 63.6 Å². The zero-order valence-corrected chi connectivity index (χ0v) is 15.9. The Kier molecular flexibility index (Phi) is 6.17. The molecule has 0 spiro atoms. The van der Waals surface area contributed by atoms with Crippen LogP contribution in [0.15, 0.2) is 24.8 Å². The summed E-state index contributed by atoms with van der Waals surface area (Å²) in [5.41, 5.74) is 3.04. The van der Waals surface area contributed by atoms with Gasteiger partial charge in [-0.25, -0.2) is 0 Å². The second-order valence-electron chi connectivity index (χ2n) is 7.78. The molecule has 22 heavy (non-hydrogen) atoms. The van der Waals surface area contributed by atoms with E-state index < -0.39 is 0 Å². The lowest BCUT2D eigenvalue weighted by Gasteiger charge is -2.29. The van der Waals surface area contributed by atoms with Gasteiger partial charge in [0.25, 0.3) is 0 Å². The molecule has 124 valence electrons. The van der Waals surface area contributed by atoms with Gasteiger partial charge in [0.1, 0.15) is 5.75 Å². The van der Waals surface area contributed by atoms with E-state index in [0.717, 1.165) is 17.7 Å². The van der Waals surface area contributed by atoms with Crippen LogP contribution in [0.5, 0.6) is 5.75 Å². The van der Waals surface area contributed by atoms with Crippen LogP contribution < -0.4 is 5.32 Å². The van der Waals surface area contributed by atoms with Crippen molar-refractivity contribution in [3.05, 3.63) is 41.5 Å². The molecule has 0 fully saturated rings. The van der Waals surface area contributed by atoms with Crippen LogP contribution in [-0.2, 0) is 10.8 Å². The topological polar surface area (TPSA) is 32.3 Å². The molecule has 0 aliphatic carbocycles. The summed E-state index contributed by atoms with van der Waals surface area (Å²) in [4.78, 5) is 0. The van der Waals surface area contributed by atoms with Gasteiger partial charge in [-0.2, -0.15) is 0 Å². The first-order chi connectivity index (χ1) is 10.0. The van der Waals surface area contributed by atoms with Gasteiger partial charge >= 0.3 is 0 Å². The number of hydrogen-bond donors (Lipinski definition) is 2. The number of rotatable bonds is 5. The van der Waals surface area contributed by atoms with Crippen molar-refractivity contribution in [2.24, 2.45) is 0 Å². The summed E-state index contributed by atoms with van der Waals surface area (Å²) in [6.45, 7) is 17.4. The molecular weight excluding hydrogens is 290 g/mol. The van der Waals surface area contributed by atoms with Gasteiger partial charge in [-0.15, -0.1) is 18.3 Å². The molecule has 0 heterocycles. The quantitative estimate of drug-likeness (QED) is 0.583. The van der Waals surface area contributed by atoms with Gasteiger partial charge in [0.05, 0.1) is 5.37 Å². The van der Waals surface area contributed by atoms with Gasteiger partial charge in [-0.3, -0.25) is 5.32 Å². The second kappa shape index (κ2) is 7.10. The summed E-state index contributed by atoms with van der Waals surface area (Å²) >= 11 is 1.77. The normalized spacial score (nSPS) is 14.0. The molecule has 1 aromatic rings. The first-order valence-corrected chi connectivity index (χ1v) is 9.06. The van der Waals surface area contributed by atoms with E-state index in [-0.39, 0.29) is 16.2 Å². The Balaban J connectivity index is 3.49. The van der Waals surface area contributed by atoms with E-state index in [2.05, 4.69) is 71.8 Å². The van der Waals surface area contributed by atoms with E-state index in [1.807, 2.05) is 6.08 Å². The molecule has 0 aromatic heterocycles. The SMILES string of the molecule is C=CCNC(SC)c1cc(C(C)(C)C)c(O)c(C(C)(C)C)c1. The Hall–Kier alpha value is -0.930. The van der Waals surface area contributed by atoms with Gasteiger partial charge in [-0.1, -0.05) is 47.6 Å². The summed E-state index contributed by atoms with van der Waals surface area (Å²) in [5.74, 6) is 0.437. The zero-order valence-electron chi connectivity index (χ0n) is 15.1. The van der Waals surface area contributed by atoms with Crippen molar-refractivity contribution in [3.8, 4) is 5.75 Å². The number of phenols is 1. The van der Waals surface area contributed by atoms with Crippen LogP contribution in [0.4, 0.5) is 0 Å². The maximum absolute atomic E-state index is 10.8. The highest BCUT2D eigenvalue weighted by molar-refractivity contribution is 7.98. The van der Waals surface area contributed by atoms with E-state index >= 15 is 0 Å². The minimum Gasteiger partial charge on any atom is -0.507 e. The lowest BCUT2D eigenvalue weighted by molar-refractivity contribution is 0.422. The number of thioether (sulfide) groups is 1. The van der Waals surface area contributed by atoms with E-state index in [1.165, 1.54) is 5.56 Å². The lowest BCUT2D eigenvalue weighted by Crippen LogP contribution is -2.22. The number of aromatic hydroxyl groups is 1. The number of phenolic OH excluding ortho intramolecular Hbond substituents is 1. The first kappa shape index (κ1) is 19.1. The Labute approximate surface area is 140 Å². The predicted molar refractivity (Wildman–Crippen MR) is 100.0 cm³/mol. The molecule has 0 amide bonds. The van der Waals surface area contributed by atoms with Crippen molar-refractivity contribution in [2.75, 3.05) is 12.8 Å². The fourth-order valence-corrected chi connectivity index (χ4v) is 3.15. The summed E-state index contributed by atoms with van der Waals surface area (Å²) < 4.78 is 0. The van der Waals surface area contributed by atoms with E-state index in [4.69, 9.17) is 0 Å². The third-order valence-corrected chi connectivity index (χ3v) is 4.64. The molecular formula is C19H31NOS. The Morgan fingerprint density at radius 2 is 1.59 bits per heavy atom. The molecule has 2 nitrogen and oxygen atoms in total. The standard InChI is InChI=1S/C19H31NOS/c1-9-10-20-17(22-8)13-11-14(18(2,3)4)16(21)15(12-13)19(5,6)7/h9,11-12,17,20-21H,1,10H2,2-8H3. The van der Waals surface area contributed by atoms with Crippen molar-refractivity contribution < 1.29 is 5.11 Å². The fraction of sp³-hybridized carbons (Fsp3) is 0.579. The van der Waals surface area contributed by atoms with Crippen LogP contribution in [0.3, 0.4) is 0 Å². The molecule has 0 saturated carbocycles. The first-order valence-electron chi connectivity index (χ1n) is 7.77. The Morgan fingerprint density at radius 3 is 1.91 bits per heavy atom. The summed E-state index contributed by atoms with van der Waals surface area (Å²) in [5, 5.41) is 14.4. The van der Waals surface area contributed by atoms with Gasteiger partial charge in [0, 0.05) is 6.54 Å². The average molecular weight is 322 g/mol. The monoisotopic (exact) mass is 321 g/mol. The molecule has 1 atom stereocenters. The van der Waals surface area contributed by atoms with Crippen LogP contribution in [-0.4, -0.2) is 17.9 Å². The lowest BCUT2D eigenvalue weighted by atomic mass is 9.78. The molecule has 0 aliphatic heterocycles. The van der Waals surface area contributed by atoms with Gasteiger partial charge in [-0.05, 0) is 45.9 Å². The molecule has 0 bridgehead atoms. The molecule has 1 unspecified atom stereocenters. The summed E-state index contributed by atoms with van der Waals surface area (Å²) in [6, 6.07) is 4.28. The van der Waals surface area contributed by atoms with Gasteiger partial charge in [0.15, 0.2) is 0 Å². The van der Waals surface area contributed by atoms with Crippen LogP contribution in [0, 0.1) is 0 Å². The molecule has 0 radical (unpaired) electrons. The van der Waals surface area contributed by atoms with E-state index in [1.54, 1.807) is 11.8 Å². The molecule has 0 aliphatic rings.